The molecule has 5 aromatic rings. The van der Waals surface area contributed by atoms with Gasteiger partial charge < -0.3 is 39.9 Å². The van der Waals surface area contributed by atoms with Crippen molar-refractivity contribution < 1.29 is 59.0 Å². The highest BCUT2D eigenvalue weighted by Gasteiger charge is 2.42. The predicted molar refractivity (Wildman–Crippen MR) is 242 cm³/mol. The molecule has 0 unspecified atom stereocenters. The molecule has 1 aliphatic heterocycles. The third-order valence-corrected chi connectivity index (χ3v) is 11.9. The van der Waals surface area contributed by atoms with Gasteiger partial charge in [-0.15, -0.1) is 0 Å². The van der Waals surface area contributed by atoms with Gasteiger partial charge in [0, 0.05) is 0 Å². The van der Waals surface area contributed by atoms with Crippen molar-refractivity contribution in [2.24, 2.45) is 5.92 Å². The molecule has 1 fully saturated rings. The van der Waals surface area contributed by atoms with E-state index in [0.29, 0.717) is 6.42 Å². The average Bonchev–Trinajstić information content (AvgIpc) is 3.31. The topological polar surface area (TPSA) is 208 Å². The van der Waals surface area contributed by atoms with E-state index in [2.05, 4.69) is 4.90 Å². The van der Waals surface area contributed by atoms with Crippen LogP contribution in [0.3, 0.4) is 0 Å². The Morgan fingerprint density at radius 1 is 0.615 bits per heavy atom. The lowest BCUT2D eigenvalue weighted by molar-refractivity contribution is -0.166. The van der Waals surface area contributed by atoms with E-state index in [1.54, 1.807) is 64.1 Å². The molecule has 0 bridgehead atoms. The minimum atomic E-state index is -2.22. The maximum absolute atomic E-state index is 12.2. The molecule has 0 aromatic heterocycles. The highest BCUT2D eigenvalue weighted by atomic mass is 16.6. The van der Waals surface area contributed by atoms with Crippen molar-refractivity contribution in [2.75, 3.05) is 19.6 Å². The van der Waals surface area contributed by atoms with E-state index in [4.69, 9.17) is 9.47 Å². The Bertz CT molecular complexity index is 2240. The number of rotatable bonds is 17. The summed E-state index contributed by atoms with van der Waals surface area (Å²) in [4.78, 5) is 61.3. The number of aliphatic hydroxyl groups is 2. The minimum absolute atomic E-state index is 0.0332. The van der Waals surface area contributed by atoms with Crippen LogP contribution < -0.4 is 0 Å². The molecule has 342 valence electrons. The van der Waals surface area contributed by atoms with Crippen LogP contribution in [0.4, 0.5) is 0 Å². The zero-order valence-electron chi connectivity index (χ0n) is 37.0. The number of aliphatic hydroxyl groups excluding tert-OH is 1. The van der Waals surface area contributed by atoms with E-state index >= 15 is 0 Å². The van der Waals surface area contributed by atoms with Crippen molar-refractivity contribution in [3.8, 4) is 0 Å². The van der Waals surface area contributed by atoms with Crippen LogP contribution in [0.25, 0.3) is 0 Å². The number of piperidine rings is 1. The second-order valence-electron chi connectivity index (χ2n) is 16.9. The van der Waals surface area contributed by atoms with Crippen molar-refractivity contribution in [1.29, 1.82) is 0 Å². The van der Waals surface area contributed by atoms with Crippen LogP contribution in [-0.2, 0) is 34.9 Å². The predicted octanol–water partition coefficient (Wildman–Crippen LogP) is 7.73. The summed E-state index contributed by atoms with van der Waals surface area (Å²) in [5.41, 5.74) is 3.26. The van der Waals surface area contributed by atoms with Gasteiger partial charge in [-0.05, 0) is 125 Å². The Morgan fingerprint density at radius 3 is 1.42 bits per heavy atom. The molecule has 3 atom stereocenters. The Morgan fingerprint density at radius 2 is 1.03 bits per heavy atom. The monoisotopic (exact) mass is 887 g/mol. The molecule has 65 heavy (non-hydrogen) atoms. The maximum atomic E-state index is 12.2. The molecule has 1 heterocycles. The molecule has 13 heteroatoms. The highest BCUT2D eigenvalue weighted by molar-refractivity contribution is 5.95. The minimum Gasteiger partial charge on any atom is -0.481 e. The number of carbonyl (C=O) groups is 5. The third kappa shape index (κ3) is 12.7. The Hall–Kier alpha value is -6.67. The SMILES string of the molecule is CC(C)(C(=O)O)c1ccc([C@@H](O)CCCN2CCC(C(O)(c3ccccc3)c3ccccc3)CC2)cc1.Cc1ccc(C(=O)O[C@@H](C(=O)O)[C@@H](OC(=O)c2ccc(C)cc2)C(=O)O)cc1. The third-order valence-electron chi connectivity index (χ3n) is 11.9. The molecule has 1 saturated heterocycles. The lowest BCUT2D eigenvalue weighted by Gasteiger charge is -2.42. The number of carboxylic acid groups (broad SMARTS) is 3. The van der Waals surface area contributed by atoms with E-state index in [1.807, 2.05) is 72.8 Å². The molecule has 5 aromatic carbocycles. The number of aryl methyl sites for hydroxylation is 2. The van der Waals surface area contributed by atoms with Crippen molar-refractivity contribution in [2.45, 2.75) is 82.7 Å². The molecular weight excluding hydrogens is 831 g/mol. The molecule has 0 radical (unpaired) electrons. The first-order chi connectivity index (χ1) is 30.9. The number of carbonyl (C=O) groups excluding carboxylic acids is 2. The van der Waals surface area contributed by atoms with Crippen molar-refractivity contribution in [1.82, 2.24) is 4.90 Å². The molecule has 0 amide bonds. The smallest absolute Gasteiger partial charge is 0.349 e. The number of carboxylic acids is 3. The lowest BCUT2D eigenvalue weighted by Crippen LogP contribution is -2.45. The molecule has 13 nitrogen and oxygen atoms in total. The van der Waals surface area contributed by atoms with Crippen LogP contribution in [0.15, 0.2) is 133 Å². The van der Waals surface area contributed by atoms with Gasteiger partial charge in [-0.1, -0.05) is 120 Å². The van der Waals surface area contributed by atoms with Gasteiger partial charge in [0.15, 0.2) is 0 Å². The van der Waals surface area contributed by atoms with Crippen LogP contribution >= 0.6 is 0 Å². The van der Waals surface area contributed by atoms with E-state index in [0.717, 1.165) is 72.3 Å². The van der Waals surface area contributed by atoms with Gasteiger partial charge in [0.25, 0.3) is 0 Å². The second-order valence-corrected chi connectivity index (χ2v) is 16.9. The zero-order valence-corrected chi connectivity index (χ0v) is 37.0. The summed E-state index contributed by atoms with van der Waals surface area (Å²) >= 11 is 0. The number of hydrogen-bond acceptors (Lipinski definition) is 10. The molecule has 0 spiro atoms. The number of hydrogen-bond donors (Lipinski definition) is 5. The van der Waals surface area contributed by atoms with E-state index < -0.39 is 59.2 Å². The van der Waals surface area contributed by atoms with E-state index in [1.165, 1.54) is 24.3 Å². The molecule has 6 rings (SSSR count). The Labute approximate surface area is 378 Å². The van der Waals surface area contributed by atoms with Crippen LogP contribution in [0.2, 0.25) is 0 Å². The maximum Gasteiger partial charge on any atom is 0.349 e. The molecule has 1 aliphatic rings. The molecular formula is C52H57NO12. The first-order valence-electron chi connectivity index (χ1n) is 21.5. The van der Waals surface area contributed by atoms with Gasteiger partial charge in [-0.25, -0.2) is 19.2 Å². The molecule has 5 N–H and O–H groups in total. The summed E-state index contributed by atoms with van der Waals surface area (Å²) in [6.45, 7) is 9.70. The first-order valence-corrected chi connectivity index (χ1v) is 21.5. The quantitative estimate of drug-likeness (QED) is 0.0567. The van der Waals surface area contributed by atoms with Crippen LogP contribution in [0, 0.1) is 19.8 Å². The van der Waals surface area contributed by atoms with Gasteiger partial charge in [0.05, 0.1) is 22.6 Å². The van der Waals surface area contributed by atoms with Gasteiger partial charge in [-0.3, -0.25) is 4.79 Å². The lowest BCUT2D eigenvalue weighted by atomic mass is 9.72. The van der Waals surface area contributed by atoms with E-state index in [9.17, 15) is 49.5 Å². The fraction of sp³-hybridized carbons (Fsp3) is 0.327. The largest absolute Gasteiger partial charge is 0.481 e. The standard InChI is InChI=1S/C32H39NO4.C20H18O8/c1-31(2,30(35)36)25-17-15-24(16-18-25)29(34)14-9-21-33-22-19-28(20-23-33)32(37,26-10-5-3-6-11-26)27-12-7-4-8-13-27;1-11-3-7-13(8-4-11)19(25)27-15(17(21)22)16(18(23)24)28-20(26)14-9-5-12(2)6-10-14/h3-8,10-13,15-18,28-29,34,37H,9,14,19-23H2,1-2H3,(H,35,36);3-10,15-16H,1-2H3,(H,21,22)(H,23,24)/t29-;15-,16-/m01/s1. The number of nitrogens with zero attached hydrogens (tertiary/aromatic N) is 1. The summed E-state index contributed by atoms with van der Waals surface area (Å²) < 4.78 is 9.64. The summed E-state index contributed by atoms with van der Waals surface area (Å²) in [6.07, 6.45) is -1.68. The Balaban J connectivity index is 0.000000254. The van der Waals surface area contributed by atoms with Gasteiger partial charge >= 0.3 is 29.8 Å². The van der Waals surface area contributed by atoms with E-state index in [-0.39, 0.29) is 17.0 Å². The number of esters is 2. The van der Waals surface area contributed by atoms with Crippen LogP contribution in [0.5, 0.6) is 0 Å². The summed E-state index contributed by atoms with van der Waals surface area (Å²) in [6, 6.07) is 39.4. The van der Waals surface area contributed by atoms with Gasteiger partial charge in [0.1, 0.15) is 5.60 Å². The normalized spacial score (nSPS) is 14.7. The fourth-order valence-electron chi connectivity index (χ4n) is 7.75. The van der Waals surface area contributed by atoms with Crippen molar-refractivity contribution >= 4 is 29.8 Å². The Kier molecular flexibility index (Phi) is 16.9. The summed E-state index contributed by atoms with van der Waals surface area (Å²) in [7, 11) is 0. The van der Waals surface area contributed by atoms with Crippen molar-refractivity contribution in [3.63, 3.8) is 0 Å². The first kappa shape index (κ1) is 49.3. The number of aliphatic carboxylic acids is 3. The number of likely N-dealkylation sites (tertiary alicyclic amines) is 1. The summed E-state index contributed by atoms with van der Waals surface area (Å²) in [5, 5.41) is 50.8. The van der Waals surface area contributed by atoms with Crippen LogP contribution in [-0.4, -0.2) is 92.1 Å². The van der Waals surface area contributed by atoms with Gasteiger partial charge in [0.2, 0.25) is 12.2 Å². The second kappa shape index (κ2) is 22.3. The number of benzene rings is 5. The van der Waals surface area contributed by atoms with Crippen LogP contribution in [0.1, 0.15) is 99.7 Å². The number of ether oxygens (including phenoxy) is 2. The van der Waals surface area contributed by atoms with Gasteiger partial charge in [-0.2, -0.15) is 0 Å². The average molecular weight is 888 g/mol. The highest BCUT2D eigenvalue weighted by Crippen LogP contribution is 2.42. The zero-order chi connectivity index (χ0) is 47.3. The summed E-state index contributed by atoms with van der Waals surface area (Å²) in [5.74, 6) is -6.35. The molecule has 0 saturated carbocycles. The fourth-order valence-corrected chi connectivity index (χ4v) is 7.75. The molecule has 0 aliphatic carbocycles. The van der Waals surface area contributed by atoms with Crippen molar-refractivity contribution in [3.05, 3.63) is 178 Å².